The maximum Gasteiger partial charge on any atom is 0.296 e. The van der Waals surface area contributed by atoms with Crippen LogP contribution < -0.4 is 15.8 Å². The Hall–Kier alpha value is -3.81. The fourth-order valence-corrected chi connectivity index (χ4v) is 4.84. The molecular formula is C26H22ClN5OS. The van der Waals surface area contributed by atoms with Gasteiger partial charge in [-0.05, 0) is 48.9 Å². The van der Waals surface area contributed by atoms with Crippen molar-refractivity contribution in [2.24, 2.45) is 12.1 Å². The summed E-state index contributed by atoms with van der Waals surface area (Å²) in [5, 5.41) is 7.32. The van der Waals surface area contributed by atoms with Crippen LogP contribution in [0.2, 0.25) is 5.02 Å². The maximum absolute atomic E-state index is 13.8. The summed E-state index contributed by atoms with van der Waals surface area (Å²) in [6, 6.07) is 26.9. The van der Waals surface area contributed by atoms with Crippen molar-refractivity contribution >= 4 is 28.6 Å². The summed E-state index contributed by atoms with van der Waals surface area (Å²) in [6.45, 7) is 1.95. The molecule has 0 amide bonds. The van der Waals surface area contributed by atoms with E-state index in [1.807, 2.05) is 114 Å². The lowest BCUT2D eigenvalue weighted by Gasteiger charge is -2.09. The summed E-state index contributed by atoms with van der Waals surface area (Å²) >= 11 is 7.59. The van der Waals surface area contributed by atoms with Crippen molar-refractivity contribution in [1.82, 2.24) is 13.9 Å². The van der Waals surface area contributed by atoms with Gasteiger partial charge in [-0.25, -0.2) is 4.68 Å². The third-order valence-electron chi connectivity index (χ3n) is 5.65. The Kier molecular flexibility index (Phi) is 5.96. The molecule has 0 aliphatic heterocycles. The maximum atomic E-state index is 13.8. The lowest BCUT2D eigenvalue weighted by molar-refractivity contribution is 0.630. The number of rotatable bonds is 5. The highest BCUT2D eigenvalue weighted by atomic mass is 35.5. The average Bonchev–Trinajstić information content (AvgIpc) is 3.37. The molecule has 2 heterocycles. The Bertz CT molecular complexity index is 1560. The topological polar surface area (TPSA) is 56.2 Å². The van der Waals surface area contributed by atoms with E-state index < -0.39 is 0 Å². The number of aromatic nitrogens is 3. The fourth-order valence-electron chi connectivity index (χ4n) is 3.86. The minimum Gasteiger partial charge on any atom is -0.283 e. The van der Waals surface area contributed by atoms with E-state index >= 15 is 0 Å². The Morgan fingerprint density at radius 1 is 0.912 bits per heavy atom. The zero-order valence-corrected chi connectivity index (χ0v) is 20.2. The molecule has 0 spiro atoms. The van der Waals surface area contributed by atoms with Crippen molar-refractivity contribution in [2.75, 3.05) is 5.43 Å². The highest BCUT2D eigenvalue weighted by Crippen LogP contribution is 2.26. The van der Waals surface area contributed by atoms with Gasteiger partial charge in [-0.1, -0.05) is 60.1 Å². The summed E-state index contributed by atoms with van der Waals surface area (Å²) in [6.07, 6.45) is 0. The van der Waals surface area contributed by atoms with Gasteiger partial charge in [-0.15, -0.1) is 16.4 Å². The molecule has 3 aromatic carbocycles. The lowest BCUT2D eigenvalue weighted by atomic mass is 10.1. The van der Waals surface area contributed by atoms with Gasteiger partial charge in [0.15, 0.2) is 0 Å². The second kappa shape index (κ2) is 9.21. The van der Waals surface area contributed by atoms with Crippen molar-refractivity contribution in [2.45, 2.75) is 6.92 Å². The van der Waals surface area contributed by atoms with Crippen LogP contribution in [0.5, 0.6) is 0 Å². The number of hydrogen-bond donors (Lipinski definition) is 1. The first-order chi connectivity index (χ1) is 16.5. The molecule has 6 nitrogen and oxygen atoms in total. The van der Waals surface area contributed by atoms with E-state index in [1.54, 1.807) is 4.68 Å². The van der Waals surface area contributed by atoms with Crippen molar-refractivity contribution in [3.05, 3.63) is 116 Å². The number of halogens is 1. The van der Waals surface area contributed by atoms with Gasteiger partial charge < -0.3 is 0 Å². The number of nitrogens with zero attached hydrogens (tertiary/aromatic N) is 4. The molecule has 34 heavy (non-hydrogen) atoms. The van der Waals surface area contributed by atoms with Crippen LogP contribution in [0.3, 0.4) is 0 Å². The highest BCUT2D eigenvalue weighted by molar-refractivity contribution is 7.07. The number of hydrogen-bond acceptors (Lipinski definition) is 4. The SMILES string of the molecule is Cc1c(-n2c(-c3ccc(Cl)cc3)cs/c2=N\Nc2ccccc2)c(=O)n(-c2ccccc2)n1C. The standard InChI is InChI=1S/C26H22ClN5OS/c1-18-24(25(33)32(30(18)2)22-11-7-4-8-12-22)31-23(19-13-15-20(27)16-14-19)17-34-26(31)29-28-21-9-5-3-6-10-21/h3-17,28H,1-2H3/b29-26-. The number of para-hydroxylation sites is 2. The summed E-state index contributed by atoms with van der Waals surface area (Å²) in [7, 11) is 1.89. The summed E-state index contributed by atoms with van der Waals surface area (Å²) in [5.41, 5.74) is 7.83. The van der Waals surface area contributed by atoms with E-state index in [4.69, 9.17) is 11.6 Å². The van der Waals surface area contributed by atoms with Gasteiger partial charge >= 0.3 is 0 Å². The number of thiazole rings is 1. The van der Waals surface area contributed by atoms with Gasteiger partial charge in [-0.2, -0.15) is 0 Å². The molecule has 5 aromatic rings. The number of anilines is 1. The van der Waals surface area contributed by atoms with Crippen LogP contribution in [0.1, 0.15) is 5.69 Å². The van der Waals surface area contributed by atoms with Gasteiger partial charge in [0.1, 0.15) is 5.69 Å². The molecule has 5 rings (SSSR count). The van der Waals surface area contributed by atoms with Crippen molar-refractivity contribution in [3.8, 4) is 22.6 Å². The molecule has 8 heteroatoms. The second-order valence-electron chi connectivity index (χ2n) is 7.75. The first-order valence-electron chi connectivity index (χ1n) is 10.7. The van der Waals surface area contributed by atoms with Gasteiger partial charge in [0.05, 0.1) is 22.8 Å². The molecule has 0 aliphatic carbocycles. The third-order valence-corrected chi connectivity index (χ3v) is 6.73. The van der Waals surface area contributed by atoms with E-state index in [-0.39, 0.29) is 5.56 Å². The van der Waals surface area contributed by atoms with Crippen molar-refractivity contribution in [1.29, 1.82) is 0 Å². The fraction of sp³-hybridized carbons (Fsp3) is 0.0769. The average molecular weight is 488 g/mol. The van der Waals surface area contributed by atoms with E-state index in [9.17, 15) is 4.79 Å². The van der Waals surface area contributed by atoms with Gasteiger partial charge in [-0.3, -0.25) is 19.5 Å². The van der Waals surface area contributed by atoms with Crippen LogP contribution in [0, 0.1) is 6.92 Å². The van der Waals surface area contributed by atoms with E-state index in [1.165, 1.54) is 11.3 Å². The van der Waals surface area contributed by atoms with Gasteiger partial charge in [0, 0.05) is 17.5 Å². The van der Waals surface area contributed by atoms with Crippen molar-refractivity contribution in [3.63, 3.8) is 0 Å². The molecule has 0 aliphatic rings. The van der Waals surface area contributed by atoms with E-state index in [0.717, 1.165) is 28.3 Å². The molecule has 0 atom stereocenters. The molecule has 0 bridgehead atoms. The molecule has 0 saturated carbocycles. The smallest absolute Gasteiger partial charge is 0.283 e. The zero-order valence-electron chi connectivity index (χ0n) is 18.6. The second-order valence-corrected chi connectivity index (χ2v) is 9.02. The van der Waals surface area contributed by atoms with Crippen LogP contribution in [-0.4, -0.2) is 13.9 Å². The zero-order chi connectivity index (χ0) is 23.7. The minimum atomic E-state index is -0.124. The first kappa shape index (κ1) is 22.0. The number of nitrogens with one attached hydrogen (secondary N) is 1. The summed E-state index contributed by atoms with van der Waals surface area (Å²) in [4.78, 5) is 14.5. The predicted octanol–water partition coefficient (Wildman–Crippen LogP) is 5.58. The quantitative estimate of drug-likeness (QED) is 0.329. The van der Waals surface area contributed by atoms with Crippen molar-refractivity contribution < 1.29 is 0 Å². The normalized spacial score (nSPS) is 11.7. The van der Waals surface area contributed by atoms with Crippen LogP contribution in [0.4, 0.5) is 5.69 Å². The molecule has 1 N–H and O–H groups in total. The van der Waals surface area contributed by atoms with Crippen LogP contribution in [0.15, 0.2) is 100 Å². The molecule has 170 valence electrons. The lowest BCUT2D eigenvalue weighted by Crippen LogP contribution is -2.25. The largest absolute Gasteiger partial charge is 0.296 e. The highest BCUT2D eigenvalue weighted by Gasteiger charge is 2.22. The monoisotopic (exact) mass is 487 g/mol. The number of benzene rings is 3. The third kappa shape index (κ3) is 4.00. The Labute approximate surface area is 205 Å². The van der Waals surface area contributed by atoms with Crippen LogP contribution >= 0.6 is 22.9 Å². The van der Waals surface area contributed by atoms with Crippen LogP contribution in [-0.2, 0) is 7.05 Å². The van der Waals surface area contributed by atoms with Gasteiger partial charge in [0.2, 0.25) is 4.80 Å². The molecule has 2 aromatic heterocycles. The molecular weight excluding hydrogens is 466 g/mol. The van der Waals surface area contributed by atoms with Crippen LogP contribution in [0.25, 0.3) is 22.6 Å². The Morgan fingerprint density at radius 2 is 1.56 bits per heavy atom. The molecule has 0 unspecified atom stereocenters. The molecule has 0 radical (unpaired) electrons. The Balaban J connectivity index is 1.75. The first-order valence-corrected chi connectivity index (χ1v) is 12.0. The van der Waals surface area contributed by atoms with E-state index in [2.05, 4.69) is 10.5 Å². The van der Waals surface area contributed by atoms with Gasteiger partial charge in [0.25, 0.3) is 5.56 Å². The summed E-state index contributed by atoms with van der Waals surface area (Å²) in [5.74, 6) is 0. The van der Waals surface area contributed by atoms with E-state index in [0.29, 0.717) is 15.5 Å². The molecule has 0 fully saturated rings. The predicted molar refractivity (Wildman–Crippen MR) is 139 cm³/mol. The summed E-state index contributed by atoms with van der Waals surface area (Å²) < 4.78 is 5.47. The molecule has 0 saturated heterocycles. The Morgan fingerprint density at radius 3 is 2.24 bits per heavy atom. The minimum absolute atomic E-state index is 0.124.